The van der Waals surface area contributed by atoms with Gasteiger partial charge in [-0.05, 0) is 50.3 Å². The molecule has 19 heavy (non-hydrogen) atoms. The number of anilines is 1. The largest absolute Gasteiger partial charge is 0.325 e. The second kappa shape index (κ2) is 5.14. The third-order valence-electron chi connectivity index (χ3n) is 4.47. The number of nitrogens with zero attached hydrogens (tertiary/aromatic N) is 1. The molecule has 3 rings (SSSR count). The van der Waals surface area contributed by atoms with Crippen LogP contribution in [-0.4, -0.2) is 29.4 Å². The second-order valence-corrected chi connectivity index (χ2v) is 6.00. The van der Waals surface area contributed by atoms with Gasteiger partial charge in [-0.2, -0.15) is 0 Å². The van der Waals surface area contributed by atoms with E-state index in [-0.39, 0.29) is 5.91 Å². The van der Waals surface area contributed by atoms with Crippen molar-refractivity contribution in [2.75, 3.05) is 11.9 Å². The van der Waals surface area contributed by atoms with Gasteiger partial charge in [-0.15, -0.1) is 0 Å². The molecule has 0 unspecified atom stereocenters. The number of amides is 1. The van der Waals surface area contributed by atoms with Gasteiger partial charge in [0.15, 0.2) is 0 Å². The van der Waals surface area contributed by atoms with E-state index in [0.29, 0.717) is 23.7 Å². The van der Waals surface area contributed by atoms with Crippen molar-refractivity contribution in [2.24, 2.45) is 0 Å². The van der Waals surface area contributed by atoms with Crippen molar-refractivity contribution in [1.29, 1.82) is 0 Å². The van der Waals surface area contributed by atoms with Gasteiger partial charge in [0.25, 0.3) is 0 Å². The zero-order valence-electron chi connectivity index (χ0n) is 11.2. The Morgan fingerprint density at radius 1 is 1.32 bits per heavy atom. The van der Waals surface area contributed by atoms with Gasteiger partial charge in [0.05, 0.1) is 6.54 Å². The Morgan fingerprint density at radius 2 is 1.95 bits per heavy atom. The van der Waals surface area contributed by atoms with Crippen LogP contribution in [0.2, 0.25) is 5.02 Å². The number of benzene rings is 1. The number of nitrogens with one attached hydrogen (secondary N) is 1. The average Bonchev–Trinajstić information content (AvgIpc) is 2.95. The summed E-state index contributed by atoms with van der Waals surface area (Å²) < 4.78 is 0. The molecule has 2 bridgehead atoms. The summed E-state index contributed by atoms with van der Waals surface area (Å²) in [6.07, 6.45) is 5.03. The quantitative estimate of drug-likeness (QED) is 0.921. The second-order valence-electron chi connectivity index (χ2n) is 5.60. The molecule has 0 radical (unpaired) electrons. The van der Waals surface area contributed by atoms with Gasteiger partial charge >= 0.3 is 0 Å². The lowest BCUT2D eigenvalue weighted by Gasteiger charge is -2.21. The molecule has 1 amide bonds. The molecule has 3 nitrogen and oxygen atoms in total. The van der Waals surface area contributed by atoms with Crippen LogP contribution in [0.3, 0.4) is 0 Å². The van der Waals surface area contributed by atoms with Crippen LogP contribution >= 0.6 is 11.6 Å². The monoisotopic (exact) mass is 278 g/mol. The van der Waals surface area contributed by atoms with Crippen LogP contribution in [-0.2, 0) is 4.79 Å². The van der Waals surface area contributed by atoms with Gasteiger partial charge in [-0.1, -0.05) is 17.7 Å². The average molecular weight is 279 g/mol. The predicted molar refractivity (Wildman–Crippen MR) is 77.6 cm³/mol. The Morgan fingerprint density at radius 3 is 2.58 bits per heavy atom. The molecule has 1 aromatic rings. The van der Waals surface area contributed by atoms with Crippen LogP contribution < -0.4 is 5.32 Å². The zero-order chi connectivity index (χ0) is 13.4. The third-order valence-corrected chi connectivity index (χ3v) is 4.88. The Labute approximate surface area is 118 Å². The molecule has 2 aliphatic heterocycles. The number of hydrogen-bond acceptors (Lipinski definition) is 2. The van der Waals surface area contributed by atoms with Gasteiger partial charge < -0.3 is 5.32 Å². The molecule has 0 atom stereocenters. The lowest BCUT2D eigenvalue weighted by Crippen LogP contribution is -2.36. The molecule has 0 saturated carbocycles. The maximum Gasteiger partial charge on any atom is 0.238 e. The summed E-state index contributed by atoms with van der Waals surface area (Å²) in [7, 11) is 0. The van der Waals surface area contributed by atoms with Gasteiger partial charge in [-0.25, -0.2) is 0 Å². The van der Waals surface area contributed by atoms with Crippen LogP contribution in [0.1, 0.15) is 31.2 Å². The highest BCUT2D eigenvalue weighted by Gasteiger charge is 2.39. The zero-order valence-corrected chi connectivity index (χ0v) is 11.9. The van der Waals surface area contributed by atoms with Crippen molar-refractivity contribution in [1.82, 2.24) is 4.90 Å². The van der Waals surface area contributed by atoms with Crippen molar-refractivity contribution in [3.63, 3.8) is 0 Å². The summed E-state index contributed by atoms with van der Waals surface area (Å²) in [4.78, 5) is 14.5. The number of fused-ring (bicyclic) bond motifs is 2. The van der Waals surface area contributed by atoms with Crippen LogP contribution in [0.15, 0.2) is 18.2 Å². The van der Waals surface area contributed by atoms with E-state index in [1.54, 1.807) is 0 Å². The van der Waals surface area contributed by atoms with Crippen LogP contribution in [0.5, 0.6) is 0 Å². The highest BCUT2D eigenvalue weighted by molar-refractivity contribution is 6.31. The molecule has 0 spiro atoms. The first-order chi connectivity index (χ1) is 9.15. The molecule has 2 fully saturated rings. The van der Waals surface area contributed by atoms with Gasteiger partial charge in [0.1, 0.15) is 0 Å². The topological polar surface area (TPSA) is 32.3 Å². The third kappa shape index (κ3) is 2.49. The highest BCUT2D eigenvalue weighted by Crippen LogP contribution is 2.37. The first-order valence-corrected chi connectivity index (χ1v) is 7.33. The molecular formula is C15H19ClN2O. The fraction of sp³-hybridized carbons (Fsp3) is 0.533. The summed E-state index contributed by atoms with van der Waals surface area (Å²) in [5.74, 6) is 0.0733. The maximum atomic E-state index is 12.2. The number of carbonyl (C=O) groups is 1. The van der Waals surface area contributed by atoms with Crippen LogP contribution in [0.4, 0.5) is 5.69 Å². The summed E-state index contributed by atoms with van der Waals surface area (Å²) in [5, 5.41) is 3.68. The van der Waals surface area contributed by atoms with Crippen molar-refractivity contribution >= 4 is 23.2 Å². The van der Waals surface area contributed by atoms with Gasteiger partial charge in [0, 0.05) is 22.8 Å². The first kappa shape index (κ1) is 12.9. The number of halogens is 1. The molecule has 0 aromatic heterocycles. The number of carbonyl (C=O) groups excluding carboxylic acids is 1. The fourth-order valence-corrected chi connectivity index (χ4v) is 3.55. The molecule has 2 heterocycles. The van der Waals surface area contributed by atoms with Gasteiger partial charge in [0.2, 0.25) is 5.91 Å². The summed E-state index contributed by atoms with van der Waals surface area (Å²) >= 11 is 6.06. The minimum Gasteiger partial charge on any atom is -0.325 e. The molecule has 2 saturated heterocycles. The van der Waals surface area contributed by atoms with Gasteiger partial charge in [-0.3, -0.25) is 9.69 Å². The van der Waals surface area contributed by atoms with E-state index < -0.39 is 0 Å². The standard InChI is InChI=1S/C15H19ClN2O/c1-10-13(16)3-2-4-14(10)17-15(19)9-18-11-5-6-12(18)8-7-11/h2-4,11-12H,5-9H2,1H3,(H,17,19). The van der Waals surface area contributed by atoms with E-state index >= 15 is 0 Å². The Bertz CT molecular complexity index is 483. The summed E-state index contributed by atoms with van der Waals surface area (Å²) in [5.41, 5.74) is 1.76. The normalized spacial score (nSPS) is 25.8. The van der Waals surface area contributed by atoms with E-state index in [1.807, 2.05) is 25.1 Å². The maximum absolute atomic E-state index is 12.2. The fourth-order valence-electron chi connectivity index (χ4n) is 3.38. The Hall–Kier alpha value is -1.06. The summed E-state index contributed by atoms with van der Waals surface area (Å²) in [6.45, 7) is 2.44. The first-order valence-electron chi connectivity index (χ1n) is 6.96. The Balaban J connectivity index is 1.64. The lowest BCUT2D eigenvalue weighted by atomic mass is 10.0. The van der Waals surface area contributed by atoms with Crippen molar-refractivity contribution in [3.8, 4) is 0 Å². The molecule has 102 valence electrons. The van der Waals surface area contributed by atoms with Crippen molar-refractivity contribution in [3.05, 3.63) is 28.8 Å². The summed E-state index contributed by atoms with van der Waals surface area (Å²) in [6, 6.07) is 6.88. The van der Waals surface area contributed by atoms with E-state index in [4.69, 9.17) is 11.6 Å². The van der Waals surface area contributed by atoms with Crippen molar-refractivity contribution in [2.45, 2.75) is 44.7 Å². The van der Waals surface area contributed by atoms with E-state index in [0.717, 1.165) is 11.3 Å². The minimum atomic E-state index is 0.0733. The molecule has 1 N–H and O–H groups in total. The molecule has 0 aliphatic carbocycles. The molecule has 4 heteroatoms. The molecular weight excluding hydrogens is 260 g/mol. The minimum absolute atomic E-state index is 0.0733. The molecule has 1 aromatic carbocycles. The van der Waals surface area contributed by atoms with E-state index in [9.17, 15) is 4.79 Å². The van der Waals surface area contributed by atoms with E-state index in [1.165, 1.54) is 25.7 Å². The predicted octanol–water partition coefficient (Wildman–Crippen LogP) is 3.21. The number of hydrogen-bond donors (Lipinski definition) is 1. The Kier molecular flexibility index (Phi) is 3.50. The SMILES string of the molecule is Cc1c(Cl)cccc1NC(=O)CN1C2CCC1CC2. The highest BCUT2D eigenvalue weighted by atomic mass is 35.5. The van der Waals surface area contributed by atoms with Crippen molar-refractivity contribution < 1.29 is 4.79 Å². The lowest BCUT2D eigenvalue weighted by molar-refractivity contribution is -0.117. The molecule has 2 aliphatic rings. The smallest absolute Gasteiger partial charge is 0.238 e. The van der Waals surface area contributed by atoms with Crippen LogP contribution in [0, 0.1) is 6.92 Å². The van der Waals surface area contributed by atoms with Crippen LogP contribution in [0.25, 0.3) is 0 Å². The number of rotatable bonds is 3. The van der Waals surface area contributed by atoms with E-state index in [2.05, 4.69) is 10.2 Å².